The Kier molecular flexibility index (Phi) is 5.10. The van der Waals surface area contributed by atoms with Crippen molar-refractivity contribution in [2.75, 3.05) is 26.9 Å². The molecule has 0 N–H and O–H groups in total. The van der Waals surface area contributed by atoms with Crippen molar-refractivity contribution in [2.45, 2.75) is 19.9 Å². The highest BCUT2D eigenvalue weighted by atomic mass is 16.6. The summed E-state index contributed by atoms with van der Waals surface area (Å²) in [6, 6.07) is 11.5. The van der Waals surface area contributed by atoms with Crippen LogP contribution in [0.5, 0.6) is 17.2 Å². The molecule has 1 amide bonds. The molecule has 0 radical (unpaired) electrons. The molecule has 2 aromatic carbocycles. The zero-order valence-electron chi connectivity index (χ0n) is 16.1. The largest absolute Gasteiger partial charge is 0.497 e. The van der Waals surface area contributed by atoms with Crippen molar-refractivity contribution in [3.05, 3.63) is 53.8 Å². The number of nitrogens with zero attached hydrogens (tertiary/aromatic N) is 1. The number of hydrogen-bond acceptors (Lipinski definition) is 5. The summed E-state index contributed by atoms with van der Waals surface area (Å²) in [6.45, 7) is 4.24. The van der Waals surface area contributed by atoms with Gasteiger partial charge in [-0.25, -0.2) is 0 Å². The molecule has 0 aliphatic carbocycles. The molecule has 3 aromatic rings. The molecule has 146 valence electrons. The number of furan rings is 1. The highest BCUT2D eigenvalue weighted by molar-refractivity contribution is 5.88. The van der Waals surface area contributed by atoms with Crippen LogP contribution in [0.1, 0.15) is 18.1 Å². The van der Waals surface area contributed by atoms with Crippen LogP contribution in [0, 0.1) is 0 Å². The van der Waals surface area contributed by atoms with Crippen LogP contribution >= 0.6 is 0 Å². The quantitative estimate of drug-likeness (QED) is 0.650. The molecule has 1 aromatic heterocycles. The summed E-state index contributed by atoms with van der Waals surface area (Å²) in [6.07, 6.45) is 1.94. The number of fused-ring (bicyclic) bond motifs is 2. The summed E-state index contributed by atoms with van der Waals surface area (Å²) in [5.41, 5.74) is 2.61. The molecular weight excluding hydrogens is 358 g/mol. The van der Waals surface area contributed by atoms with Crippen LogP contribution in [0.25, 0.3) is 11.0 Å². The van der Waals surface area contributed by atoms with E-state index in [1.165, 1.54) is 0 Å². The lowest BCUT2D eigenvalue weighted by Gasteiger charge is -2.23. The molecule has 6 heteroatoms. The van der Waals surface area contributed by atoms with Crippen molar-refractivity contribution < 1.29 is 23.4 Å². The van der Waals surface area contributed by atoms with E-state index in [-0.39, 0.29) is 12.3 Å². The second-order valence-electron chi connectivity index (χ2n) is 6.69. The van der Waals surface area contributed by atoms with Crippen molar-refractivity contribution >= 4 is 16.9 Å². The Morgan fingerprint density at radius 3 is 2.71 bits per heavy atom. The lowest BCUT2D eigenvalue weighted by atomic mass is 10.1. The van der Waals surface area contributed by atoms with E-state index >= 15 is 0 Å². The maximum Gasteiger partial charge on any atom is 0.227 e. The molecule has 0 saturated heterocycles. The second-order valence-corrected chi connectivity index (χ2v) is 6.69. The van der Waals surface area contributed by atoms with Gasteiger partial charge in [-0.1, -0.05) is 6.07 Å². The first-order chi connectivity index (χ1) is 13.7. The first kappa shape index (κ1) is 18.2. The number of likely N-dealkylation sites (N-methyl/N-ethyl adjacent to an activating group) is 1. The minimum atomic E-state index is 0.0518. The Bertz CT molecular complexity index is 994. The highest BCUT2D eigenvalue weighted by Gasteiger charge is 2.18. The number of methoxy groups -OCH3 is 1. The molecule has 6 nitrogen and oxygen atoms in total. The molecule has 0 atom stereocenters. The van der Waals surface area contributed by atoms with Gasteiger partial charge in [-0.05, 0) is 36.8 Å². The van der Waals surface area contributed by atoms with Crippen LogP contribution < -0.4 is 14.2 Å². The van der Waals surface area contributed by atoms with Crippen LogP contribution in [0.2, 0.25) is 0 Å². The number of carbonyl (C=O) groups excluding carboxylic acids is 1. The molecule has 0 fully saturated rings. The predicted molar refractivity (Wildman–Crippen MR) is 105 cm³/mol. The predicted octanol–water partition coefficient (Wildman–Crippen LogP) is 3.80. The van der Waals surface area contributed by atoms with Gasteiger partial charge >= 0.3 is 0 Å². The number of benzene rings is 2. The molecule has 28 heavy (non-hydrogen) atoms. The van der Waals surface area contributed by atoms with Crippen LogP contribution in [-0.4, -0.2) is 37.7 Å². The van der Waals surface area contributed by atoms with Crippen LogP contribution in [-0.2, 0) is 17.8 Å². The van der Waals surface area contributed by atoms with Crippen molar-refractivity contribution in [1.29, 1.82) is 0 Å². The number of ether oxygens (including phenoxy) is 3. The Morgan fingerprint density at radius 1 is 1.11 bits per heavy atom. The fraction of sp³-hybridized carbons (Fsp3) is 0.318. The normalized spacial score (nSPS) is 12.8. The molecule has 0 spiro atoms. The average Bonchev–Trinajstić information content (AvgIpc) is 3.13. The van der Waals surface area contributed by atoms with Gasteiger partial charge < -0.3 is 23.5 Å². The fourth-order valence-corrected chi connectivity index (χ4v) is 3.38. The van der Waals surface area contributed by atoms with Gasteiger partial charge in [0.15, 0.2) is 11.5 Å². The van der Waals surface area contributed by atoms with Gasteiger partial charge in [0.1, 0.15) is 24.5 Å². The van der Waals surface area contributed by atoms with Crippen molar-refractivity contribution in [3.63, 3.8) is 0 Å². The molecule has 1 aliphatic heterocycles. The minimum absolute atomic E-state index is 0.0518. The number of hydrogen-bond donors (Lipinski definition) is 0. The smallest absolute Gasteiger partial charge is 0.227 e. The molecule has 2 heterocycles. The minimum Gasteiger partial charge on any atom is -0.497 e. The first-order valence-electron chi connectivity index (χ1n) is 9.38. The Morgan fingerprint density at radius 2 is 1.93 bits per heavy atom. The molecular formula is C22H23NO5. The van der Waals surface area contributed by atoms with Gasteiger partial charge in [0.25, 0.3) is 0 Å². The molecule has 0 saturated carbocycles. The molecule has 0 unspecified atom stereocenters. The van der Waals surface area contributed by atoms with Crippen molar-refractivity contribution in [1.82, 2.24) is 4.90 Å². The third-order valence-corrected chi connectivity index (χ3v) is 4.92. The van der Waals surface area contributed by atoms with E-state index in [9.17, 15) is 4.79 Å². The number of rotatable bonds is 6. The monoisotopic (exact) mass is 381 g/mol. The fourth-order valence-electron chi connectivity index (χ4n) is 3.38. The molecule has 0 bridgehead atoms. The van der Waals surface area contributed by atoms with Gasteiger partial charge in [-0.2, -0.15) is 0 Å². The van der Waals surface area contributed by atoms with Crippen LogP contribution in [0.3, 0.4) is 0 Å². The summed E-state index contributed by atoms with van der Waals surface area (Å²) in [4.78, 5) is 14.7. The third-order valence-electron chi connectivity index (χ3n) is 4.92. The maximum atomic E-state index is 12.9. The zero-order valence-corrected chi connectivity index (χ0v) is 16.1. The van der Waals surface area contributed by atoms with Crippen molar-refractivity contribution in [3.8, 4) is 17.2 Å². The summed E-state index contributed by atoms with van der Waals surface area (Å²) in [5.74, 6) is 2.27. The van der Waals surface area contributed by atoms with Gasteiger partial charge in [-0.15, -0.1) is 0 Å². The SMILES string of the molecule is CCN(Cc1ccc2c(c1)OCCO2)C(=O)Cc1coc2cc(OC)ccc12. The molecule has 4 rings (SSSR count). The maximum absolute atomic E-state index is 12.9. The second kappa shape index (κ2) is 7.84. The van der Waals surface area contributed by atoms with Gasteiger partial charge in [0, 0.05) is 30.1 Å². The Balaban J connectivity index is 1.48. The van der Waals surface area contributed by atoms with E-state index in [1.54, 1.807) is 13.4 Å². The van der Waals surface area contributed by atoms with Gasteiger partial charge in [0.2, 0.25) is 5.91 Å². The lowest BCUT2D eigenvalue weighted by molar-refractivity contribution is -0.130. The standard InChI is InChI=1S/C22H23NO5/c1-3-23(13-15-4-7-19-21(10-15)27-9-8-26-19)22(24)11-16-14-28-20-12-17(25-2)5-6-18(16)20/h4-7,10,12,14H,3,8-9,11,13H2,1-2H3. The summed E-state index contributed by atoms with van der Waals surface area (Å²) in [5, 5.41) is 0.935. The van der Waals surface area contributed by atoms with E-state index in [4.69, 9.17) is 18.6 Å². The number of carbonyl (C=O) groups is 1. The van der Waals surface area contributed by atoms with Crippen molar-refractivity contribution in [2.24, 2.45) is 0 Å². The van der Waals surface area contributed by atoms with Gasteiger partial charge in [-0.3, -0.25) is 4.79 Å². The van der Waals surface area contributed by atoms with Crippen LogP contribution in [0.4, 0.5) is 0 Å². The lowest BCUT2D eigenvalue weighted by Crippen LogP contribution is -2.31. The number of amides is 1. The summed E-state index contributed by atoms with van der Waals surface area (Å²) in [7, 11) is 1.62. The van der Waals surface area contributed by atoms with E-state index in [2.05, 4.69) is 0 Å². The summed E-state index contributed by atoms with van der Waals surface area (Å²) < 4.78 is 22.0. The highest BCUT2D eigenvalue weighted by Crippen LogP contribution is 2.31. The van der Waals surface area contributed by atoms with Gasteiger partial charge in [0.05, 0.1) is 19.8 Å². The van der Waals surface area contributed by atoms with Crippen LogP contribution in [0.15, 0.2) is 47.1 Å². The van der Waals surface area contributed by atoms with E-state index in [0.29, 0.717) is 26.3 Å². The van der Waals surface area contributed by atoms with E-state index in [1.807, 2.05) is 48.2 Å². The summed E-state index contributed by atoms with van der Waals surface area (Å²) >= 11 is 0. The third kappa shape index (κ3) is 3.63. The Labute approximate surface area is 163 Å². The zero-order chi connectivity index (χ0) is 19.5. The average molecular weight is 381 g/mol. The molecule has 1 aliphatic rings. The van der Waals surface area contributed by atoms with E-state index in [0.717, 1.165) is 39.3 Å². The topological polar surface area (TPSA) is 61.1 Å². The van der Waals surface area contributed by atoms with E-state index < -0.39 is 0 Å². The first-order valence-corrected chi connectivity index (χ1v) is 9.38. The Hall–Kier alpha value is -3.15.